The Morgan fingerprint density at radius 3 is 2.63 bits per heavy atom. The first-order valence-electron chi connectivity index (χ1n) is 8.31. The predicted molar refractivity (Wildman–Crippen MR) is 105 cm³/mol. The number of halogens is 2. The number of terminal acetylenes is 1. The fraction of sp³-hybridized carbons (Fsp3) is 0.263. The van der Waals surface area contributed by atoms with E-state index in [2.05, 4.69) is 26.3 Å². The first-order chi connectivity index (χ1) is 13.0. The van der Waals surface area contributed by atoms with Crippen molar-refractivity contribution in [3.63, 3.8) is 0 Å². The summed E-state index contributed by atoms with van der Waals surface area (Å²) >= 11 is 6.32. The Hall–Kier alpha value is -3.07. The molecule has 0 spiro atoms. The van der Waals surface area contributed by atoms with Gasteiger partial charge in [0.2, 0.25) is 0 Å². The van der Waals surface area contributed by atoms with Crippen LogP contribution in [-0.4, -0.2) is 18.1 Å². The molecular weight excluding hydrogens is 367 g/mol. The van der Waals surface area contributed by atoms with Crippen LogP contribution >= 0.6 is 11.6 Å². The van der Waals surface area contributed by atoms with E-state index in [4.69, 9.17) is 23.6 Å². The van der Waals surface area contributed by atoms with Gasteiger partial charge in [-0.1, -0.05) is 40.0 Å². The molecule has 0 amide bonds. The lowest BCUT2D eigenvalue weighted by Crippen LogP contribution is -2.14. The summed E-state index contributed by atoms with van der Waals surface area (Å²) in [6, 6.07) is 7.62. The fourth-order valence-electron chi connectivity index (χ4n) is 2.58. The van der Waals surface area contributed by atoms with Crippen LogP contribution in [0.25, 0.3) is 21.6 Å². The van der Waals surface area contributed by atoms with Gasteiger partial charge >= 0.3 is 0 Å². The highest BCUT2D eigenvalue weighted by Gasteiger charge is 2.18. The second-order valence-corrected chi connectivity index (χ2v) is 5.90. The highest BCUT2D eigenvalue weighted by Crippen LogP contribution is 2.41. The van der Waals surface area contributed by atoms with Crippen LogP contribution in [0.5, 0.6) is 0 Å². The zero-order valence-electron chi connectivity index (χ0n) is 15.0. The van der Waals surface area contributed by atoms with Gasteiger partial charge in [-0.3, -0.25) is 5.01 Å². The maximum absolute atomic E-state index is 13.8. The topological polar surface area (TPSA) is 76.7 Å². The van der Waals surface area contributed by atoms with Crippen LogP contribution in [0.15, 0.2) is 45.8 Å². The second-order valence-electron chi connectivity index (χ2n) is 5.49. The molecule has 0 unspecified atom stereocenters. The third kappa shape index (κ3) is 4.76. The molecule has 0 aliphatic carbocycles. The lowest BCUT2D eigenvalue weighted by atomic mass is 9.94. The summed E-state index contributed by atoms with van der Waals surface area (Å²) in [7, 11) is 0. The zero-order valence-corrected chi connectivity index (χ0v) is 15.8. The van der Waals surface area contributed by atoms with Gasteiger partial charge in [0, 0.05) is 23.6 Å². The lowest BCUT2D eigenvalue weighted by Gasteiger charge is -2.16. The quantitative estimate of drug-likeness (QED) is 0.182. The molecule has 138 valence electrons. The van der Waals surface area contributed by atoms with E-state index in [-0.39, 0.29) is 11.6 Å². The Bertz CT molecular complexity index is 940. The van der Waals surface area contributed by atoms with E-state index >= 15 is 0 Å². The van der Waals surface area contributed by atoms with E-state index < -0.39 is 5.82 Å². The highest BCUT2D eigenvalue weighted by molar-refractivity contribution is 6.32. The van der Waals surface area contributed by atoms with Crippen molar-refractivity contribution in [1.29, 1.82) is 0 Å². The lowest BCUT2D eigenvalue weighted by molar-refractivity contribution is 0.301. The molecule has 0 radical (unpaired) electrons. The highest BCUT2D eigenvalue weighted by atomic mass is 35.5. The van der Waals surface area contributed by atoms with Gasteiger partial charge in [0.15, 0.2) is 0 Å². The summed E-state index contributed by atoms with van der Waals surface area (Å²) in [6.07, 6.45) is 5.64. The van der Waals surface area contributed by atoms with Crippen molar-refractivity contribution in [2.45, 2.75) is 20.4 Å². The molecule has 0 aromatic heterocycles. The van der Waals surface area contributed by atoms with Gasteiger partial charge in [0.05, 0.1) is 17.1 Å². The monoisotopic (exact) mass is 384 g/mol. The van der Waals surface area contributed by atoms with E-state index in [1.54, 1.807) is 23.2 Å². The van der Waals surface area contributed by atoms with E-state index in [1.807, 2.05) is 13.8 Å². The van der Waals surface area contributed by atoms with Crippen LogP contribution in [0, 0.1) is 18.2 Å². The molecule has 0 fully saturated rings. The van der Waals surface area contributed by atoms with Gasteiger partial charge in [0.25, 0.3) is 0 Å². The van der Waals surface area contributed by atoms with E-state index in [0.29, 0.717) is 41.0 Å². The molecule has 27 heavy (non-hydrogen) atoms. The Balaban J connectivity index is 2.82. The van der Waals surface area contributed by atoms with Gasteiger partial charge in [-0.25, -0.2) is 4.39 Å². The average Bonchev–Trinajstić information content (AvgIpc) is 2.66. The molecule has 0 aliphatic heterocycles. The summed E-state index contributed by atoms with van der Waals surface area (Å²) in [5.74, 6) is 2.12. The molecule has 2 aromatic carbocycles. The normalized spacial score (nSPS) is 10.5. The van der Waals surface area contributed by atoms with Gasteiger partial charge in [-0.2, -0.15) is 0 Å². The summed E-state index contributed by atoms with van der Waals surface area (Å²) in [5.41, 5.74) is 11.0. The molecule has 0 saturated carbocycles. The van der Waals surface area contributed by atoms with Crippen molar-refractivity contribution >= 4 is 17.3 Å². The number of hydrogen-bond acceptors (Lipinski definition) is 3. The number of nitrogens with zero attached hydrogens (tertiary/aromatic N) is 6. The summed E-state index contributed by atoms with van der Waals surface area (Å²) in [4.78, 5) is 2.79. The average molecular weight is 385 g/mol. The zero-order chi connectivity index (χ0) is 19.8. The van der Waals surface area contributed by atoms with Crippen LogP contribution in [-0.2, 0) is 6.54 Å². The van der Waals surface area contributed by atoms with Gasteiger partial charge < -0.3 is 0 Å². The molecule has 2 rings (SSSR count). The Morgan fingerprint density at radius 1 is 1.30 bits per heavy atom. The van der Waals surface area contributed by atoms with Crippen molar-refractivity contribution in [3.8, 4) is 23.5 Å². The van der Waals surface area contributed by atoms with Crippen LogP contribution < -0.4 is 0 Å². The number of azide groups is 1. The Morgan fingerprint density at radius 2 is 2.04 bits per heavy atom. The predicted octanol–water partition coefficient (Wildman–Crippen LogP) is 6.28. The molecule has 6 nitrogen and oxygen atoms in total. The standard InChI is InChI=1S/C19H18ClFN6/c1-4-16-17(20)11-14(12-23-25-22)18(13-8-7-9-15(21)10-13)19(16)24-26-27(5-2)6-3/h1,7-11H,5-6,12H2,2-3H3. The van der Waals surface area contributed by atoms with Gasteiger partial charge in [-0.05, 0) is 48.7 Å². The van der Waals surface area contributed by atoms with Crippen molar-refractivity contribution < 1.29 is 4.39 Å². The van der Waals surface area contributed by atoms with Crippen LogP contribution in [0.4, 0.5) is 10.1 Å². The first-order valence-corrected chi connectivity index (χ1v) is 8.68. The van der Waals surface area contributed by atoms with Crippen LogP contribution in [0.2, 0.25) is 5.02 Å². The minimum atomic E-state index is -0.411. The second kappa shape index (κ2) is 9.58. The number of benzene rings is 2. The van der Waals surface area contributed by atoms with Crippen molar-refractivity contribution in [2.24, 2.45) is 15.5 Å². The Labute approximate surface area is 162 Å². The minimum absolute atomic E-state index is 0.0146. The van der Waals surface area contributed by atoms with E-state index in [9.17, 15) is 4.39 Å². The third-order valence-corrected chi connectivity index (χ3v) is 4.20. The smallest absolute Gasteiger partial charge is 0.123 e. The largest absolute Gasteiger partial charge is 0.279 e. The summed E-state index contributed by atoms with van der Waals surface area (Å²) in [5, 5.41) is 14.2. The molecule has 0 heterocycles. The molecule has 2 aromatic rings. The van der Waals surface area contributed by atoms with E-state index in [0.717, 1.165) is 0 Å². The fourth-order valence-corrected chi connectivity index (χ4v) is 2.86. The molecule has 0 bridgehead atoms. The molecule has 8 heteroatoms. The summed E-state index contributed by atoms with van der Waals surface area (Å²) in [6.45, 7) is 5.23. The van der Waals surface area contributed by atoms with Crippen molar-refractivity contribution in [3.05, 3.63) is 62.7 Å². The molecule has 0 aliphatic rings. The summed E-state index contributed by atoms with van der Waals surface area (Å²) < 4.78 is 13.8. The number of hydrogen-bond donors (Lipinski definition) is 0. The first kappa shape index (κ1) is 20.2. The molecule has 0 N–H and O–H groups in total. The number of rotatable bonds is 7. The van der Waals surface area contributed by atoms with Crippen molar-refractivity contribution in [2.75, 3.05) is 13.1 Å². The van der Waals surface area contributed by atoms with E-state index in [1.165, 1.54) is 12.1 Å². The van der Waals surface area contributed by atoms with Gasteiger partial charge in [-0.15, -0.1) is 11.5 Å². The van der Waals surface area contributed by atoms with Crippen LogP contribution in [0.3, 0.4) is 0 Å². The van der Waals surface area contributed by atoms with Crippen LogP contribution in [0.1, 0.15) is 25.0 Å². The maximum atomic E-state index is 13.8. The SMILES string of the molecule is C#Cc1c(Cl)cc(CN=[N+]=[N-])c(-c2cccc(F)c2)c1N=NN(CC)CC. The third-order valence-electron chi connectivity index (χ3n) is 3.90. The minimum Gasteiger partial charge on any atom is -0.279 e. The molecular formula is C19H18ClFN6. The molecule has 0 atom stereocenters. The molecule has 0 saturated heterocycles. The Kier molecular flexibility index (Phi) is 7.18. The maximum Gasteiger partial charge on any atom is 0.123 e. The van der Waals surface area contributed by atoms with Crippen molar-refractivity contribution in [1.82, 2.24) is 5.01 Å². The van der Waals surface area contributed by atoms with Gasteiger partial charge in [0.1, 0.15) is 11.5 Å².